The summed E-state index contributed by atoms with van der Waals surface area (Å²) < 4.78 is 1.16. The van der Waals surface area contributed by atoms with Crippen LogP contribution in [0, 0.1) is 6.92 Å². The van der Waals surface area contributed by atoms with Crippen LogP contribution in [0.15, 0.2) is 103 Å². The number of nitrogens with one attached hydrogen (secondary N) is 2. The minimum absolute atomic E-state index is 0.113. The van der Waals surface area contributed by atoms with Gasteiger partial charge in [-0.25, -0.2) is 4.98 Å². The van der Waals surface area contributed by atoms with Crippen LogP contribution in [0.1, 0.15) is 33.9 Å². The monoisotopic (exact) mass is 491 g/mol. The fourth-order valence-electron chi connectivity index (χ4n) is 4.02. The number of rotatable bonds is 7. The predicted molar refractivity (Wildman–Crippen MR) is 146 cm³/mol. The Balaban J connectivity index is 1.28. The van der Waals surface area contributed by atoms with Crippen LogP contribution >= 0.6 is 11.3 Å². The van der Waals surface area contributed by atoms with Crippen LogP contribution in [0.3, 0.4) is 0 Å². The molecule has 0 unspecified atom stereocenters. The van der Waals surface area contributed by atoms with Gasteiger partial charge in [0.2, 0.25) is 5.91 Å². The third-order valence-electron chi connectivity index (χ3n) is 5.89. The first kappa shape index (κ1) is 23.5. The molecule has 1 atom stereocenters. The summed E-state index contributed by atoms with van der Waals surface area (Å²) in [5.41, 5.74) is 5.33. The molecule has 5 aromatic rings. The highest BCUT2D eigenvalue weighted by atomic mass is 32.1. The average Bonchev–Trinajstić information content (AvgIpc) is 3.33. The maximum Gasteiger partial charge on any atom is 0.251 e. The highest BCUT2D eigenvalue weighted by Crippen LogP contribution is 2.31. The van der Waals surface area contributed by atoms with Crippen molar-refractivity contribution >= 4 is 39.1 Å². The number of benzene rings is 4. The van der Waals surface area contributed by atoms with Gasteiger partial charge in [-0.15, -0.1) is 11.3 Å². The molecule has 0 saturated heterocycles. The van der Waals surface area contributed by atoms with Crippen molar-refractivity contribution < 1.29 is 9.59 Å². The summed E-state index contributed by atoms with van der Waals surface area (Å²) in [4.78, 5) is 30.5. The van der Waals surface area contributed by atoms with Gasteiger partial charge in [0, 0.05) is 16.8 Å². The molecule has 0 fully saturated rings. The summed E-state index contributed by atoms with van der Waals surface area (Å²) in [6.45, 7) is 2.08. The van der Waals surface area contributed by atoms with Crippen LogP contribution < -0.4 is 10.6 Å². The van der Waals surface area contributed by atoms with Gasteiger partial charge in [0.15, 0.2) is 0 Å². The van der Waals surface area contributed by atoms with Crippen molar-refractivity contribution in [3.63, 3.8) is 0 Å². The largest absolute Gasteiger partial charge is 0.345 e. The number of hydrogen-bond donors (Lipinski definition) is 2. The molecule has 0 spiro atoms. The minimum Gasteiger partial charge on any atom is -0.345 e. The van der Waals surface area contributed by atoms with Crippen LogP contribution in [0.5, 0.6) is 0 Å². The zero-order valence-corrected chi connectivity index (χ0v) is 20.6. The highest BCUT2D eigenvalue weighted by Gasteiger charge is 2.19. The van der Waals surface area contributed by atoms with E-state index in [0.29, 0.717) is 11.3 Å². The molecule has 5 nitrogen and oxygen atoms in total. The van der Waals surface area contributed by atoms with Gasteiger partial charge in [-0.05, 0) is 66.6 Å². The standard InChI is InChI=1S/C30H25N3O2S/c1-20-12-17-25-27(18-20)36-30(33-25)23-13-15-24(16-14-23)31-28(34)19-26(21-8-4-2-5-9-21)32-29(35)22-10-6-3-7-11-22/h2-18,26H,19H2,1H3,(H,31,34)(H,32,35)/t26-/m1/s1. The van der Waals surface area contributed by atoms with Gasteiger partial charge in [-0.3, -0.25) is 9.59 Å². The van der Waals surface area contributed by atoms with E-state index in [4.69, 9.17) is 4.98 Å². The molecule has 0 saturated carbocycles. The topological polar surface area (TPSA) is 71.1 Å². The van der Waals surface area contributed by atoms with Gasteiger partial charge >= 0.3 is 0 Å². The van der Waals surface area contributed by atoms with Crippen LogP contribution in [0.4, 0.5) is 5.69 Å². The highest BCUT2D eigenvalue weighted by molar-refractivity contribution is 7.21. The molecule has 2 amide bonds. The first-order chi connectivity index (χ1) is 17.5. The summed E-state index contributed by atoms with van der Waals surface area (Å²) in [6, 6.07) is 32.0. The number of anilines is 1. The van der Waals surface area contributed by atoms with Gasteiger partial charge in [0.1, 0.15) is 5.01 Å². The molecule has 6 heteroatoms. The van der Waals surface area contributed by atoms with Gasteiger partial charge in [-0.2, -0.15) is 0 Å². The predicted octanol–water partition coefficient (Wildman–Crippen LogP) is 6.77. The second kappa shape index (κ2) is 10.5. The van der Waals surface area contributed by atoms with Crippen molar-refractivity contribution in [3.05, 3.63) is 120 Å². The normalized spacial score (nSPS) is 11.7. The number of carbonyl (C=O) groups excluding carboxylic acids is 2. The van der Waals surface area contributed by atoms with Crippen LogP contribution in [-0.4, -0.2) is 16.8 Å². The van der Waals surface area contributed by atoms with Crippen LogP contribution in [0.2, 0.25) is 0 Å². The van der Waals surface area contributed by atoms with Crippen molar-refractivity contribution in [3.8, 4) is 10.6 Å². The quantitative estimate of drug-likeness (QED) is 0.264. The molecular weight excluding hydrogens is 466 g/mol. The number of hydrogen-bond acceptors (Lipinski definition) is 4. The van der Waals surface area contributed by atoms with Gasteiger partial charge in [0.05, 0.1) is 22.7 Å². The molecule has 1 heterocycles. The molecular formula is C30H25N3O2S. The van der Waals surface area contributed by atoms with E-state index >= 15 is 0 Å². The summed E-state index contributed by atoms with van der Waals surface area (Å²) in [6.07, 6.45) is 0.113. The Morgan fingerprint density at radius 3 is 2.28 bits per heavy atom. The van der Waals surface area contributed by atoms with Crippen molar-refractivity contribution in [2.75, 3.05) is 5.32 Å². The van der Waals surface area contributed by atoms with E-state index in [1.54, 1.807) is 23.5 Å². The van der Waals surface area contributed by atoms with E-state index in [1.807, 2.05) is 78.9 Å². The number of carbonyl (C=O) groups is 2. The van der Waals surface area contributed by atoms with Gasteiger partial charge in [0.25, 0.3) is 5.91 Å². The Morgan fingerprint density at radius 2 is 1.56 bits per heavy atom. The lowest BCUT2D eigenvalue weighted by Gasteiger charge is -2.19. The lowest BCUT2D eigenvalue weighted by atomic mass is 10.0. The first-order valence-corrected chi connectivity index (χ1v) is 12.6. The molecule has 1 aromatic heterocycles. The number of aryl methyl sites for hydroxylation is 1. The summed E-state index contributed by atoms with van der Waals surface area (Å²) >= 11 is 1.66. The van der Waals surface area contributed by atoms with Gasteiger partial charge < -0.3 is 10.6 Å². The van der Waals surface area contributed by atoms with Gasteiger partial charge in [-0.1, -0.05) is 54.6 Å². The van der Waals surface area contributed by atoms with E-state index < -0.39 is 6.04 Å². The molecule has 0 aliphatic carbocycles. The lowest BCUT2D eigenvalue weighted by Crippen LogP contribution is -2.31. The summed E-state index contributed by atoms with van der Waals surface area (Å²) in [5.74, 6) is -0.395. The first-order valence-electron chi connectivity index (χ1n) is 11.7. The van der Waals surface area contributed by atoms with E-state index in [-0.39, 0.29) is 18.2 Å². The lowest BCUT2D eigenvalue weighted by molar-refractivity contribution is -0.116. The van der Waals surface area contributed by atoms with Crippen molar-refractivity contribution in [2.45, 2.75) is 19.4 Å². The molecule has 36 heavy (non-hydrogen) atoms. The maximum atomic E-state index is 12.9. The number of nitrogens with zero attached hydrogens (tertiary/aromatic N) is 1. The Kier molecular flexibility index (Phi) is 6.87. The number of fused-ring (bicyclic) bond motifs is 1. The number of thiazole rings is 1. The number of aromatic nitrogens is 1. The molecule has 0 aliphatic rings. The van der Waals surface area contributed by atoms with Crippen LogP contribution in [-0.2, 0) is 4.79 Å². The van der Waals surface area contributed by atoms with Crippen molar-refractivity contribution in [2.24, 2.45) is 0 Å². The zero-order valence-electron chi connectivity index (χ0n) is 19.8. The second-order valence-corrected chi connectivity index (χ2v) is 9.65. The molecule has 0 bridgehead atoms. The van der Waals surface area contributed by atoms with E-state index in [9.17, 15) is 9.59 Å². The molecule has 4 aromatic carbocycles. The number of amides is 2. The second-order valence-electron chi connectivity index (χ2n) is 8.62. The Morgan fingerprint density at radius 1 is 0.861 bits per heavy atom. The minimum atomic E-state index is -0.454. The smallest absolute Gasteiger partial charge is 0.251 e. The Labute approximate surface area is 213 Å². The molecule has 5 rings (SSSR count). The molecule has 178 valence electrons. The third kappa shape index (κ3) is 5.50. The van der Waals surface area contributed by atoms with E-state index in [2.05, 4.69) is 29.7 Å². The summed E-state index contributed by atoms with van der Waals surface area (Å²) in [7, 11) is 0. The zero-order chi connectivity index (χ0) is 24.9. The fraction of sp³-hybridized carbons (Fsp3) is 0.100. The van der Waals surface area contributed by atoms with Crippen LogP contribution in [0.25, 0.3) is 20.8 Å². The van der Waals surface area contributed by atoms with Crippen molar-refractivity contribution in [1.29, 1.82) is 0 Å². The molecule has 0 aliphatic heterocycles. The van der Waals surface area contributed by atoms with E-state index in [1.165, 1.54) is 5.56 Å². The van der Waals surface area contributed by atoms with E-state index in [0.717, 1.165) is 26.4 Å². The van der Waals surface area contributed by atoms with Crippen molar-refractivity contribution in [1.82, 2.24) is 10.3 Å². The maximum absolute atomic E-state index is 12.9. The Hall–Kier alpha value is -4.29. The fourth-order valence-corrected chi connectivity index (χ4v) is 5.09. The molecule has 0 radical (unpaired) electrons. The SMILES string of the molecule is Cc1ccc2nc(-c3ccc(NC(=O)C[C@@H](NC(=O)c4ccccc4)c4ccccc4)cc3)sc2c1. The Bertz CT molecular complexity index is 1500. The summed E-state index contributed by atoms with van der Waals surface area (Å²) in [5, 5.41) is 6.91. The third-order valence-corrected chi connectivity index (χ3v) is 6.96. The molecule has 2 N–H and O–H groups in total. The average molecular weight is 492 g/mol.